The van der Waals surface area contributed by atoms with Crippen molar-refractivity contribution in [3.8, 4) is 0 Å². The maximum Gasteiger partial charge on any atom is 0.335 e. The van der Waals surface area contributed by atoms with Crippen molar-refractivity contribution in [2.24, 2.45) is 11.8 Å². The van der Waals surface area contributed by atoms with E-state index in [-0.39, 0.29) is 23.8 Å². The molecule has 18 heavy (non-hydrogen) atoms. The minimum atomic E-state index is -0.375. The molecule has 0 radical (unpaired) electrons. The predicted molar refractivity (Wildman–Crippen MR) is 65.6 cm³/mol. The Morgan fingerprint density at radius 3 is 1.67 bits per heavy atom. The number of ether oxygens (including phenoxy) is 2. The maximum absolute atomic E-state index is 12.0. The van der Waals surface area contributed by atoms with Gasteiger partial charge in [0.2, 0.25) is 0 Å². The molecule has 0 aromatic heterocycles. The molecule has 0 saturated heterocycles. The van der Waals surface area contributed by atoms with Gasteiger partial charge in [-0.3, -0.25) is 0 Å². The molecule has 0 fully saturated rings. The normalized spacial score (nSPS) is 25.2. The van der Waals surface area contributed by atoms with Crippen molar-refractivity contribution in [1.29, 1.82) is 0 Å². The van der Waals surface area contributed by atoms with Gasteiger partial charge in [-0.2, -0.15) is 0 Å². The van der Waals surface area contributed by atoms with E-state index >= 15 is 0 Å². The molecule has 98 valence electrons. The van der Waals surface area contributed by atoms with Crippen LogP contribution in [-0.4, -0.2) is 25.2 Å². The zero-order chi connectivity index (χ0) is 13.1. The Labute approximate surface area is 107 Å². The van der Waals surface area contributed by atoms with Crippen LogP contribution in [0.25, 0.3) is 0 Å². The highest BCUT2D eigenvalue weighted by Gasteiger charge is 2.39. The lowest BCUT2D eigenvalue weighted by Gasteiger charge is -2.33. The minimum absolute atomic E-state index is 0.00783. The highest BCUT2D eigenvalue weighted by atomic mass is 16.5. The van der Waals surface area contributed by atoms with Gasteiger partial charge in [0.1, 0.15) is 0 Å². The zero-order valence-corrected chi connectivity index (χ0v) is 10.8. The fourth-order valence-electron chi connectivity index (χ4n) is 2.64. The molecule has 3 aliphatic carbocycles. The number of rotatable bonds is 4. The summed E-state index contributed by atoms with van der Waals surface area (Å²) in [6, 6.07) is 0. The van der Waals surface area contributed by atoms with Crippen LogP contribution in [0.4, 0.5) is 0 Å². The first kappa shape index (κ1) is 12.9. The number of hydrogen-bond acceptors (Lipinski definition) is 4. The highest BCUT2D eigenvalue weighted by Crippen LogP contribution is 2.41. The van der Waals surface area contributed by atoms with Crippen molar-refractivity contribution in [2.45, 2.75) is 26.7 Å². The topological polar surface area (TPSA) is 52.6 Å². The molecular weight excluding hydrogens is 232 g/mol. The third-order valence-corrected chi connectivity index (χ3v) is 3.39. The summed E-state index contributed by atoms with van der Waals surface area (Å²) < 4.78 is 10.1. The first-order valence-electron chi connectivity index (χ1n) is 6.45. The molecule has 3 aliphatic rings. The molecule has 3 rings (SSSR count). The van der Waals surface area contributed by atoms with Crippen molar-refractivity contribution in [1.82, 2.24) is 0 Å². The molecule has 0 aromatic carbocycles. The summed E-state index contributed by atoms with van der Waals surface area (Å²) in [7, 11) is 0. The Kier molecular flexibility index (Phi) is 3.84. The Morgan fingerprint density at radius 2 is 1.39 bits per heavy atom. The van der Waals surface area contributed by atoms with Crippen molar-refractivity contribution in [3.05, 3.63) is 23.3 Å². The van der Waals surface area contributed by atoms with Crippen molar-refractivity contribution >= 4 is 11.9 Å². The molecule has 2 bridgehead atoms. The fraction of sp³-hybridized carbons (Fsp3) is 0.571. The Bertz CT molecular complexity index is 382. The third kappa shape index (κ3) is 2.19. The Hall–Kier alpha value is -1.58. The lowest BCUT2D eigenvalue weighted by molar-refractivity contribution is -0.143. The van der Waals surface area contributed by atoms with Crippen LogP contribution in [0.15, 0.2) is 23.3 Å². The molecule has 0 unspecified atom stereocenters. The van der Waals surface area contributed by atoms with Gasteiger partial charge in [-0.15, -0.1) is 0 Å². The Morgan fingerprint density at radius 1 is 1.00 bits per heavy atom. The van der Waals surface area contributed by atoms with Crippen molar-refractivity contribution in [2.75, 3.05) is 13.2 Å². The van der Waals surface area contributed by atoms with E-state index in [2.05, 4.69) is 0 Å². The molecule has 0 N–H and O–H groups in total. The van der Waals surface area contributed by atoms with Crippen molar-refractivity contribution < 1.29 is 19.1 Å². The number of carbonyl (C=O) groups is 2. The van der Waals surface area contributed by atoms with Crippen LogP contribution in [0.3, 0.4) is 0 Å². The Balaban J connectivity index is 2.35. The molecule has 0 spiro atoms. The van der Waals surface area contributed by atoms with E-state index in [1.54, 1.807) is 13.8 Å². The van der Waals surface area contributed by atoms with Crippen LogP contribution >= 0.6 is 0 Å². The number of fused-ring (bicyclic) bond motifs is 1. The number of hydrogen-bond donors (Lipinski definition) is 0. The summed E-state index contributed by atoms with van der Waals surface area (Å²) in [5.41, 5.74) is 1.02. The summed E-state index contributed by atoms with van der Waals surface area (Å²) in [5.74, 6) is -0.735. The minimum Gasteiger partial charge on any atom is -0.463 e. The molecule has 0 amide bonds. The average molecular weight is 250 g/mol. The van der Waals surface area contributed by atoms with E-state index in [0.29, 0.717) is 24.4 Å². The van der Waals surface area contributed by atoms with Crippen LogP contribution in [-0.2, 0) is 19.1 Å². The number of allylic oxidation sites excluding steroid dienone is 2. The fourth-order valence-corrected chi connectivity index (χ4v) is 2.64. The number of carbonyl (C=O) groups excluding carboxylic acids is 2. The summed E-state index contributed by atoms with van der Waals surface area (Å²) in [6.45, 7) is 4.16. The SMILES string of the molecule is CCOC(=O)C1=C(C(=O)OCC)[C@H]2C=C[C@@H]1CC2. The quantitative estimate of drug-likeness (QED) is 0.565. The van der Waals surface area contributed by atoms with Gasteiger partial charge in [0.25, 0.3) is 0 Å². The molecule has 0 aliphatic heterocycles. The first-order chi connectivity index (χ1) is 8.69. The lowest BCUT2D eigenvalue weighted by Crippen LogP contribution is -2.32. The molecule has 4 heteroatoms. The van der Waals surface area contributed by atoms with E-state index in [1.807, 2.05) is 12.2 Å². The van der Waals surface area contributed by atoms with Gasteiger partial charge in [-0.25, -0.2) is 9.59 Å². The van der Waals surface area contributed by atoms with E-state index in [9.17, 15) is 9.59 Å². The van der Waals surface area contributed by atoms with Crippen LogP contribution in [0, 0.1) is 11.8 Å². The van der Waals surface area contributed by atoms with E-state index < -0.39 is 0 Å². The van der Waals surface area contributed by atoms with Crippen LogP contribution in [0.2, 0.25) is 0 Å². The summed E-state index contributed by atoms with van der Waals surface area (Å²) >= 11 is 0. The second kappa shape index (κ2) is 5.38. The second-order valence-electron chi connectivity index (χ2n) is 4.44. The molecule has 2 atom stereocenters. The first-order valence-corrected chi connectivity index (χ1v) is 6.45. The summed E-state index contributed by atoms with van der Waals surface area (Å²) in [4.78, 5) is 24.0. The van der Waals surface area contributed by atoms with Gasteiger partial charge in [-0.05, 0) is 26.7 Å². The standard InChI is InChI=1S/C14H18O4/c1-3-17-13(15)11-9-5-7-10(8-6-9)12(11)14(16)18-4-2/h5,7,9-10H,3-4,6,8H2,1-2H3/t9-,10+. The molecule has 0 aromatic rings. The third-order valence-electron chi connectivity index (χ3n) is 3.39. The molecular formula is C14H18O4. The monoisotopic (exact) mass is 250 g/mol. The lowest BCUT2D eigenvalue weighted by atomic mass is 9.71. The van der Waals surface area contributed by atoms with Gasteiger partial charge in [0, 0.05) is 11.8 Å². The van der Waals surface area contributed by atoms with E-state index in [0.717, 1.165) is 12.8 Å². The van der Waals surface area contributed by atoms with E-state index in [1.165, 1.54) is 0 Å². The number of esters is 2. The smallest absolute Gasteiger partial charge is 0.335 e. The van der Waals surface area contributed by atoms with Crippen LogP contribution in [0.1, 0.15) is 26.7 Å². The van der Waals surface area contributed by atoms with Gasteiger partial charge in [0.05, 0.1) is 24.4 Å². The van der Waals surface area contributed by atoms with Gasteiger partial charge >= 0.3 is 11.9 Å². The second-order valence-corrected chi connectivity index (χ2v) is 4.44. The van der Waals surface area contributed by atoms with Gasteiger partial charge < -0.3 is 9.47 Å². The molecule has 0 saturated carbocycles. The molecule has 0 heterocycles. The largest absolute Gasteiger partial charge is 0.463 e. The van der Waals surface area contributed by atoms with Crippen LogP contribution in [0.5, 0.6) is 0 Å². The van der Waals surface area contributed by atoms with E-state index in [4.69, 9.17) is 9.47 Å². The summed E-state index contributed by atoms with van der Waals surface area (Å²) in [6.07, 6.45) is 5.81. The summed E-state index contributed by atoms with van der Waals surface area (Å²) in [5, 5.41) is 0. The van der Waals surface area contributed by atoms with Crippen molar-refractivity contribution in [3.63, 3.8) is 0 Å². The predicted octanol–water partition coefficient (Wildman–Crippen LogP) is 2.01. The van der Waals surface area contributed by atoms with Gasteiger partial charge in [-0.1, -0.05) is 12.2 Å². The highest BCUT2D eigenvalue weighted by molar-refractivity contribution is 6.02. The average Bonchev–Trinajstić information content (AvgIpc) is 2.39. The van der Waals surface area contributed by atoms with Crippen LogP contribution < -0.4 is 0 Å². The maximum atomic E-state index is 12.0. The zero-order valence-electron chi connectivity index (χ0n) is 10.8. The molecule has 4 nitrogen and oxygen atoms in total. The van der Waals surface area contributed by atoms with Gasteiger partial charge in [0.15, 0.2) is 0 Å².